The number of rotatable bonds is 3. The van der Waals surface area contributed by atoms with Crippen LogP contribution in [-0.2, 0) is 0 Å². The molecule has 0 aromatic heterocycles. The Morgan fingerprint density at radius 3 is 2.22 bits per heavy atom. The molecule has 0 saturated heterocycles. The lowest BCUT2D eigenvalue weighted by Crippen LogP contribution is -2.33. The fraction of sp³-hybridized carbons (Fsp3) is 0.500. The molecule has 3 N–H and O–H groups in total. The molecule has 1 amide bonds. The SMILES string of the molecule is CC(CNC(=O)c1c(O)cccc1O)C(C)(C)C. The summed E-state index contributed by atoms with van der Waals surface area (Å²) in [6.45, 7) is 8.84. The Morgan fingerprint density at radius 1 is 1.28 bits per heavy atom. The molecular formula is C14H21NO3. The Labute approximate surface area is 108 Å². The summed E-state index contributed by atoms with van der Waals surface area (Å²) in [6.07, 6.45) is 0. The van der Waals surface area contributed by atoms with E-state index in [-0.39, 0.29) is 28.4 Å². The highest BCUT2D eigenvalue weighted by molar-refractivity contribution is 5.99. The molecule has 4 heteroatoms. The predicted molar refractivity (Wildman–Crippen MR) is 70.7 cm³/mol. The van der Waals surface area contributed by atoms with Crippen molar-refractivity contribution < 1.29 is 15.0 Å². The van der Waals surface area contributed by atoms with E-state index in [0.717, 1.165) is 0 Å². The van der Waals surface area contributed by atoms with Crippen molar-refractivity contribution in [1.82, 2.24) is 5.32 Å². The molecule has 100 valence electrons. The number of carbonyl (C=O) groups excluding carboxylic acids is 1. The standard InChI is InChI=1S/C14H21NO3/c1-9(14(2,3)4)8-15-13(18)12-10(16)6-5-7-11(12)17/h5-7,9,16-17H,8H2,1-4H3,(H,15,18). The fourth-order valence-corrected chi connectivity index (χ4v) is 1.40. The summed E-state index contributed by atoms with van der Waals surface area (Å²) in [4.78, 5) is 11.9. The summed E-state index contributed by atoms with van der Waals surface area (Å²) < 4.78 is 0. The Hall–Kier alpha value is -1.71. The minimum Gasteiger partial charge on any atom is -0.507 e. The van der Waals surface area contributed by atoms with Gasteiger partial charge in [-0.1, -0.05) is 33.8 Å². The Bertz CT molecular complexity index is 415. The van der Waals surface area contributed by atoms with Crippen LogP contribution in [0.1, 0.15) is 38.1 Å². The first-order chi connectivity index (χ1) is 8.23. The fourth-order valence-electron chi connectivity index (χ4n) is 1.40. The lowest BCUT2D eigenvalue weighted by atomic mass is 9.82. The van der Waals surface area contributed by atoms with Crippen LogP contribution < -0.4 is 5.32 Å². The van der Waals surface area contributed by atoms with E-state index in [2.05, 4.69) is 26.1 Å². The number of carbonyl (C=O) groups is 1. The third-order valence-corrected chi connectivity index (χ3v) is 3.29. The molecule has 0 radical (unpaired) electrons. The van der Waals surface area contributed by atoms with Crippen molar-refractivity contribution in [3.63, 3.8) is 0 Å². The molecule has 0 bridgehead atoms. The van der Waals surface area contributed by atoms with Gasteiger partial charge in [0, 0.05) is 6.54 Å². The number of phenolic OH excluding ortho intramolecular Hbond substituents is 2. The zero-order valence-corrected chi connectivity index (χ0v) is 11.3. The first-order valence-electron chi connectivity index (χ1n) is 6.02. The van der Waals surface area contributed by atoms with E-state index in [0.29, 0.717) is 6.54 Å². The second-order valence-corrected chi connectivity index (χ2v) is 5.65. The molecule has 1 atom stereocenters. The number of nitrogens with one attached hydrogen (secondary N) is 1. The molecule has 1 aromatic rings. The molecule has 1 unspecified atom stereocenters. The average Bonchev–Trinajstić information content (AvgIpc) is 2.24. The maximum absolute atomic E-state index is 11.9. The summed E-state index contributed by atoms with van der Waals surface area (Å²) in [6, 6.07) is 4.24. The van der Waals surface area contributed by atoms with Crippen molar-refractivity contribution in [3.05, 3.63) is 23.8 Å². The molecule has 0 heterocycles. The first-order valence-corrected chi connectivity index (χ1v) is 6.02. The highest BCUT2D eigenvalue weighted by Crippen LogP contribution is 2.27. The quantitative estimate of drug-likeness (QED) is 0.773. The van der Waals surface area contributed by atoms with Gasteiger partial charge in [0.15, 0.2) is 0 Å². The van der Waals surface area contributed by atoms with Crippen molar-refractivity contribution in [3.8, 4) is 11.5 Å². The lowest BCUT2D eigenvalue weighted by molar-refractivity contribution is 0.0931. The molecule has 1 rings (SSSR count). The molecule has 4 nitrogen and oxygen atoms in total. The maximum Gasteiger partial charge on any atom is 0.258 e. The summed E-state index contributed by atoms with van der Waals surface area (Å²) in [7, 11) is 0. The van der Waals surface area contributed by atoms with Crippen molar-refractivity contribution in [2.24, 2.45) is 11.3 Å². The lowest BCUT2D eigenvalue weighted by Gasteiger charge is -2.27. The molecule has 1 aromatic carbocycles. The van der Waals surface area contributed by atoms with E-state index >= 15 is 0 Å². The van der Waals surface area contributed by atoms with Gasteiger partial charge in [-0.3, -0.25) is 4.79 Å². The largest absolute Gasteiger partial charge is 0.507 e. The van der Waals surface area contributed by atoms with E-state index in [1.54, 1.807) is 0 Å². The molecule has 0 aliphatic heterocycles. The number of hydrogen-bond acceptors (Lipinski definition) is 3. The zero-order valence-electron chi connectivity index (χ0n) is 11.3. The van der Waals surface area contributed by atoms with Crippen molar-refractivity contribution >= 4 is 5.91 Å². The van der Waals surface area contributed by atoms with Crippen LogP contribution >= 0.6 is 0 Å². The molecule has 0 fully saturated rings. The third kappa shape index (κ3) is 3.39. The summed E-state index contributed by atoms with van der Waals surface area (Å²) in [5, 5.41) is 21.9. The van der Waals surface area contributed by atoms with Crippen LogP contribution in [0.25, 0.3) is 0 Å². The molecule has 0 saturated carbocycles. The van der Waals surface area contributed by atoms with Gasteiger partial charge in [-0.25, -0.2) is 0 Å². The number of amides is 1. The van der Waals surface area contributed by atoms with Gasteiger partial charge >= 0.3 is 0 Å². The van der Waals surface area contributed by atoms with Crippen molar-refractivity contribution in [1.29, 1.82) is 0 Å². The Kier molecular flexibility index (Phi) is 4.22. The van der Waals surface area contributed by atoms with Gasteiger partial charge in [-0.2, -0.15) is 0 Å². The Balaban J connectivity index is 2.73. The van der Waals surface area contributed by atoms with E-state index < -0.39 is 5.91 Å². The van der Waals surface area contributed by atoms with Gasteiger partial charge in [-0.05, 0) is 23.5 Å². The molecule has 18 heavy (non-hydrogen) atoms. The van der Waals surface area contributed by atoms with Crippen LogP contribution in [0.3, 0.4) is 0 Å². The second kappa shape index (κ2) is 5.29. The topological polar surface area (TPSA) is 69.6 Å². The van der Waals surface area contributed by atoms with Crippen LogP contribution in [0.4, 0.5) is 0 Å². The minimum atomic E-state index is -0.457. The molecule has 0 spiro atoms. The number of benzene rings is 1. The molecular weight excluding hydrogens is 230 g/mol. The Morgan fingerprint density at radius 2 is 1.78 bits per heavy atom. The van der Waals surface area contributed by atoms with Gasteiger partial charge in [0.2, 0.25) is 0 Å². The van der Waals surface area contributed by atoms with Gasteiger partial charge in [0.25, 0.3) is 5.91 Å². The van der Waals surface area contributed by atoms with Crippen LogP contribution in [-0.4, -0.2) is 22.7 Å². The minimum absolute atomic E-state index is 0.0707. The van der Waals surface area contributed by atoms with Crippen LogP contribution in [0.5, 0.6) is 11.5 Å². The van der Waals surface area contributed by atoms with Gasteiger partial charge in [-0.15, -0.1) is 0 Å². The summed E-state index contributed by atoms with van der Waals surface area (Å²) in [5.74, 6) is -0.594. The number of aromatic hydroxyl groups is 2. The van der Waals surface area contributed by atoms with Crippen LogP contribution in [0.2, 0.25) is 0 Å². The number of hydrogen-bond donors (Lipinski definition) is 3. The summed E-state index contributed by atoms with van der Waals surface area (Å²) in [5.41, 5.74) is 0.0206. The monoisotopic (exact) mass is 251 g/mol. The van der Waals surface area contributed by atoms with Crippen LogP contribution in [0.15, 0.2) is 18.2 Å². The molecule has 0 aliphatic carbocycles. The normalized spacial score (nSPS) is 13.1. The van der Waals surface area contributed by atoms with Gasteiger partial charge in [0.05, 0.1) is 0 Å². The molecule has 0 aliphatic rings. The maximum atomic E-state index is 11.9. The smallest absolute Gasteiger partial charge is 0.258 e. The highest BCUT2D eigenvalue weighted by atomic mass is 16.3. The van der Waals surface area contributed by atoms with E-state index in [4.69, 9.17) is 0 Å². The zero-order chi connectivity index (χ0) is 13.9. The van der Waals surface area contributed by atoms with E-state index in [1.165, 1.54) is 18.2 Å². The summed E-state index contributed by atoms with van der Waals surface area (Å²) >= 11 is 0. The van der Waals surface area contributed by atoms with Gasteiger partial charge < -0.3 is 15.5 Å². The first kappa shape index (κ1) is 14.4. The third-order valence-electron chi connectivity index (χ3n) is 3.29. The van der Waals surface area contributed by atoms with Crippen LogP contribution in [0, 0.1) is 11.3 Å². The highest BCUT2D eigenvalue weighted by Gasteiger charge is 2.22. The van der Waals surface area contributed by atoms with E-state index in [1.807, 2.05) is 6.92 Å². The second-order valence-electron chi connectivity index (χ2n) is 5.65. The van der Waals surface area contributed by atoms with E-state index in [9.17, 15) is 15.0 Å². The number of phenols is 2. The van der Waals surface area contributed by atoms with Gasteiger partial charge in [0.1, 0.15) is 17.1 Å². The van der Waals surface area contributed by atoms with Crippen molar-refractivity contribution in [2.45, 2.75) is 27.7 Å². The predicted octanol–water partition coefficient (Wildman–Crippen LogP) is 2.51. The average molecular weight is 251 g/mol. The van der Waals surface area contributed by atoms with Crippen molar-refractivity contribution in [2.75, 3.05) is 6.54 Å².